The number of hydrogen-bond acceptors (Lipinski definition) is 8. The highest BCUT2D eigenvalue weighted by molar-refractivity contribution is 6.34. The highest BCUT2D eigenvalue weighted by Gasteiger charge is 2.39. The van der Waals surface area contributed by atoms with Crippen LogP contribution in [-0.2, 0) is 15.7 Å². The van der Waals surface area contributed by atoms with E-state index in [4.69, 9.17) is 21.3 Å². The number of aromatic nitrogens is 3. The molecule has 15 heteroatoms. The van der Waals surface area contributed by atoms with Gasteiger partial charge in [-0.05, 0) is 67.6 Å². The lowest BCUT2D eigenvalue weighted by molar-refractivity contribution is -0.137. The summed E-state index contributed by atoms with van der Waals surface area (Å²) in [7, 11) is 3.45. The molecule has 294 valence electrons. The lowest BCUT2D eigenvalue weighted by Crippen LogP contribution is -2.52. The summed E-state index contributed by atoms with van der Waals surface area (Å²) in [6.07, 6.45) is -0.826. The molecule has 4 atom stereocenters. The number of anilines is 2. The summed E-state index contributed by atoms with van der Waals surface area (Å²) >= 11 is 6.53. The Hall–Kier alpha value is -4.50. The van der Waals surface area contributed by atoms with Crippen molar-refractivity contribution in [3.8, 4) is 22.4 Å². The maximum atomic E-state index is 14.5. The number of piperazine rings is 1. The van der Waals surface area contributed by atoms with Crippen molar-refractivity contribution in [1.29, 1.82) is 0 Å². The first-order valence-corrected chi connectivity index (χ1v) is 18.9. The van der Waals surface area contributed by atoms with E-state index in [9.17, 15) is 22.8 Å². The van der Waals surface area contributed by atoms with E-state index < -0.39 is 17.6 Å². The number of nitrogens with zero attached hydrogens (tertiary/aromatic N) is 5. The van der Waals surface area contributed by atoms with Gasteiger partial charge in [0.1, 0.15) is 11.6 Å². The number of halogens is 4. The molecule has 11 nitrogen and oxygen atoms in total. The fraction of sp³-hybridized carbons (Fsp3) is 0.450. The van der Waals surface area contributed by atoms with Crippen molar-refractivity contribution in [3.05, 3.63) is 82.9 Å². The van der Waals surface area contributed by atoms with Crippen LogP contribution in [0.4, 0.5) is 24.7 Å². The summed E-state index contributed by atoms with van der Waals surface area (Å²) in [4.78, 5) is 45.4. The van der Waals surface area contributed by atoms with E-state index in [-0.39, 0.29) is 57.4 Å². The van der Waals surface area contributed by atoms with Gasteiger partial charge in [0.05, 0.1) is 46.3 Å². The van der Waals surface area contributed by atoms with E-state index in [0.29, 0.717) is 42.1 Å². The van der Waals surface area contributed by atoms with Gasteiger partial charge in [-0.1, -0.05) is 56.6 Å². The minimum atomic E-state index is -4.74. The number of imidazole rings is 1. The van der Waals surface area contributed by atoms with Gasteiger partial charge in [0, 0.05) is 57.3 Å². The van der Waals surface area contributed by atoms with Crippen molar-refractivity contribution in [3.63, 3.8) is 0 Å². The summed E-state index contributed by atoms with van der Waals surface area (Å²) < 4.78 is 48.8. The van der Waals surface area contributed by atoms with Crippen LogP contribution in [-0.4, -0.2) is 95.7 Å². The first-order valence-electron chi connectivity index (χ1n) is 18.5. The van der Waals surface area contributed by atoms with Gasteiger partial charge >= 0.3 is 6.18 Å². The van der Waals surface area contributed by atoms with E-state index >= 15 is 0 Å². The van der Waals surface area contributed by atoms with Gasteiger partial charge in [-0.25, -0.2) is 9.97 Å². The molecule has 4 aromatic rings. The van der Waals surface area contributed by atoms with Crippen LogP contribution in [0.1, 0.15) is 61.9 Å². The lowest BCUT2D eigenvalue weighted by Gasteiger charge is -2.39. The Labute approximate surface area is 324 Å². The number of likely N-dealkylation sites (tertiary alicyclic amines) is 1. The van der Waals surface area contributed by atoms with Gasteiger partial charge in [-0.2, -0.15) is 13.2 Å². The second-order valence-corrected chi connectivity index (χ2v) is 15.3. The molecular formula is C40H48ClF3N8O3. The second kappa shape index (κ2) is 16.7. The highest BCUT2D eigenvalue weighted by Crippen LogP contribution is 2.42. The zero-order valence-corrected chi connectivity index (χ0v) is 32.6. The molecule has 55 heavy (non-hydrogen) atoms. The maximum Gasteiger partial charge on any atom is 0.417 e. The normalized spacial score (nSPS) is 19.9. The van der Waals surface area contributed by atoms with Crippen molar-refractivity contribution in [2.75, 3.05) is 57.3 Å². The van der Waals surface area contributed by atoms with Crippen molar-refractivity contribution in [1.82, 2.24) is 30.1 Å². The van der Waals surface area contributed by atoms with Crippen molar-refractivity contribution >= 4 is 34.9 Å². The third kappa shape index (κ3) is 8.82. The zero-order valence-electron chi connectivity index (χ0n) is 31.9. The number of aromatic amines is 1. The number of benzene rings is 2. The van der Waals surface area contributed by atoms with E-state index in [1.54, 1.807) is 56.8 Å². The molecule has 0 aliphatic carbocycles. The molecule has 2 fully saturated rings. The molecule has 0 radical (unpaired) electrons. The van der Waals surface area contributed by atoms with Crippen LogP contribution < -0.4 is 15.5 Å². The number of likely N-dealkylation sites (N-methyl/N-ethyl adjacent to an activating group) is 1. The molecule has 2 amide bonds. The molecule has 3 N–H and O–H groups in total. The number of amides is 2. The number of rotatable bonds is 11. The Bertz CT molecular complexity index is 1970. The monoisotopic (exact) mass is 780 g/mol. The number of ether oxygens (including phenoxy) is 1. The van der Waals surface area contributed by atoms with Gasteiger partial charge < -0.3 is 30.2 Å². The first kappa shape index (κ1) is 40.2. The van der Waals surface area contributed by atoms with E-state index in [0.717, 1.165) is 32.1 Å². The van der Waals surface area contributed by atoms with Gasteiger partial charge in [-0.3, -0.25) is 14.5 Å². The average Bonchev–Trinajstić information content (AvgIpc) is 3.80. The van der Waals surface area contributed by atoms with Crippen LogP contribution in [0, 0.1) is 11.8 Å². The molecule has 2 aromatic heterocycles. The minimum Gasteiger partial charge on any atom is -0.369 e. The molecule has 2 aliphatic heterocycles. The molecule has 4 heterocycles. The third-order valence-corrected chi connectivity index (χ3v) is 10.8. The van der Waals surface area contributed by atoms with Crippen LogP contribution in [0.25, 0.3) is 22.4 Å². The van der Waals surface area contributed by atoms with Crippen LogP contribution in [0.3, 0.4) is 0 Å². The highest BCUT2D eigenvalue weighted by atomic mass is 35.5. The molecule has 0 saturated carbocycles. The van der Waals surface area contributed by atoms with E-state index in [2.05, 4.69) is 44.2 Å². The standard InChI is InChI=1S/C40H48ClF3N8O3/c1-23(2)36(45-5)39(54)52-20-24(3)15-34(52)37-47-19-33(48-37)27-9-7-26(8-10-27)29-16-31(41)32(17-30(29)40(42,43)44)49-38(53)28-11-12-35(46-18-28)50-13-14-51(22-55-6)25(4)21-50/h7-12,16-19,23-25,34,36,45H,13-15,20-22H2,1-6H3,(H,47,48)(H,49,53)/t24?,25?,34?,36-/m0/s1. The van der Waals surface area contributed by atoms with Crippen LogP contribution in [0.15, 0.2) is 60.9 Å². The Morgan fingerprint density at radius 1 is 1.05 bits per heavy atom. The van der Waals surface area contributed by atoms with Crippen LogP contribution in [0.2, 0.25) is 5.02 Å². The molecule has 0 bridgehead atoms. The molecule has 2 saturated heterocycles. The fourth-order valence-corrected chi connectivity index (χ4v) is 7.76. The second-order valence-electron chi connectivity index (χ2n) is 14.9. The molecule has 2 aliphatic rings. The summed E-state index contributed by atoms with van der Waals surface area (Å²) in [5.74, 6) is 1.18. The minimum absolute atomic E-state index is 0.0309. The number of methoxy groups -OCH3 is 1. The molecule has 6 rings (SSSR count). The lowest BCUT2D eigenvalue weighted by atomic mass is 9.97. The fourth-order valence-electron chi connectivity index (χ4n) is 7.55. The number of nitrogens with one attached hydrogen (secondary N) is 3. The maximum absolute atomic E-state index is 14.5. The Morgan fingerprint density at radius 3 is 2.40 bits per heavy atom. The zero-order chi connectivity index (χ0) is 39.6. The first-order chi connectivity index (χ1) is 26.2. The molecule has 0 spiro atoms. The number of H-pyrrole nitrogens is 1. The third-order valence-electron chi connectivity index (χ3n) is 10.5. The predicted molar refractivity (Wildman–Crippen MR) is 208 cm³/mol. The molecule has 2 aromatic carbocycles. The van der Waals surface area contributed by atoms with Gasteiger partial charge in [0.15, 0.2) is 0 Å². The number of carbonyl (C=O) groups is 2. The Balaban J connectivity index is 1.17. The number of hydrogen-bond donors (Lipinski definition) is 3. The largest absolute Gasteiger partial charge is 0.417 e. The summed E-state index contributed by atoms with van der Waals surface area (Å²) in [5, 5.41) is 5.63. The van der Waals surface area contributed by atoms with Crippen molar-refractivity contribution in [2.24, 2.45) is 11.8 Å². The quantitative estimate of drug-likeness (QED) is 0.145. The average molecular weight is 781 g/mol. The summed E-state index contributed by atoms with van der Waals surface area (Å²) in [6.45, 7) is 11.7. The number of alkyl halides is 3. The summed E-state index contributed by atoms with van der Waals surface area (Å²) in [6, 6.07) is 11.7. The van der Waals surface area contributed by atoms with Crippen molar-refractivity contribution < 1.29 is 27.5 Å². The molecular weight excluding hydrogens is 733 g/mol. The van der Waals surface area contributed by atoms with Crippen molar-refractivity contribution in [2.45, 2.75) is 58.4 Å². The molecule has 3 unspecified atom stereocenters. The van der Waals surface area contributed by atoms with E-state index in [1.807, 2.05) is 18.7 Å². The predicted octanol–water partition coefficient (Wildman–Crippen LogP) is 7.33. The Kier molecular flexibility index (Phi) is 12.2. The topological polar surface area (TPSA) is 119 Å². The smallest absolute Gasteiger partial charge is 0.369 e. The van der Waals surface area contributed by atoms with Crippen LogP contribution in [0.5, 0.6) is 0 Å². The van der Waals surface area contributed by atoms with Gasteiger partial charge in [-0.15, -0.1) is 0 Å². The SMILES string of the molecule is CN[C@H](C(=O)N1CC(C)CC1c1nc(-c2ccc(-c3cc(Cl)c(NC(=O)c4ccc(N5CCN(COC)C(C)C5)nc4)cc3C(F)(F)F)cc2)c[nH]1)C(C)C. The number of pyridine rings is 1. The van der Waals surface area contributed by atoms with Gasteiger partial charge in [0.25, 0.3) is 5.91 Å². The van der Waals surface area contributed by atoms with E-state index in [1.165, 1.54) is 12.3 Å². The summed E-state index contributed by atoms with van der Waals surface area (Å²) in [5.41, 5.74) is 0.524. The Morgan fingerprint density at radius 2 is 1.78 bits per heavy atom. The van der Waals surface area contributed by atoms with Crippen LogP contribution >= 0.6 is 11.6 Å². The number of carbonyl (C=O) groups excluding carboxylic acids is 2. The van der Waals surface area contributed by atoms with Gasteiger partial charge in [0.2, 0.25) is 5.91 Å².